The molecule has 9 heteroatoms. The monoisotopic (exact) mass is 418 g/mol. The SMILES string of the molecule is CCN(CC)C(=S)SCC(=O)Nc1c(Cl)c(Cl)cc(Cl)c1Cl. The minimum Gasteiger partial charge on any atom is -0.358 e. The van der Waals surface area contributed by atoms with E-state index in [1.807, 2.05) is 18.7 Å². The van der Waals surface area contributed by atoms with Crippen LogP contribution in [0.15, 0.2) is 6.07 Å². The molecule has 122 valence electrons. The van der Waals surface area contributed by atoms with Crippen LogP contribution in [0.3, 0.4) is 0 Å². The molecule has 0 heterocycles. The zero-order valence-corrected chi connectivity index (χ0v) is 16.5. The van der Waals surface area contributed by atoms with Crippen molar-refractivity contribution in [1.29, 1.82) is 0 Å². The van der Waals surface area contributed by atoms with Crippen molar-refractivity contribution in [2.24, 2.45) is 0 Å². The standard InChI is InChI=1S/C13H14Cl4N2OS2/c1-3-19(4-2)13(21)22-6-9(20)18-12-10(16)7(14)5-8(15)11(12)17/h5H,3-4,6H2,1-2H3,(H,18,20). The van der Waals surface area contributed by atoms with E-state index in [-0.39, 0.29) is 37.4 Å². The molecule has 0 aliphatic heterocycles. The Labute approximate surface area is 159 Å². The number of rotatable bonds is 5. The average molecular weight is 420 g/mol. The summed E-state index contributed by atoms with van der Waals surface area (Å²) in [5, 5.41) is 3.37. The van der Waals surface area contributed by atoms with Gasteiger partial charge in [0.15, 0.2) is 0 Å². The molecule has 1 aromatic carbocycles. The van der Waals surface area contributed by atoms with Gasteiger partial charge in [0.25, 0.3) is 0 Å². The van der Waals surface area contributed by atoms with Gasteiger partial charge < -0.3 is 10.2 Å². The molecule has 0 radical (unpaired) electrons. The summed E-state index contributed by atoms with van der Waals surface area (Å²) in [7, 11) is 0. The number of nitrogens with zero attached hydrogens (tertiary/aromatic N) is 1. The lowest BCUT2D eigenvalue weighted by molar-refractivity contribution is -0.113. The van der Waals surface area contributed by atoms with Gasteiger partial charge in [0.05, 0.1) is 31.5 Å². The van der Waals surface area contributed by atoms with Crippen LogP contribution in [0, 0.1) is 0 Å². The van der Waals surface area contributed by atoms with Crippen LogP contribution in [-0.4, -0.2) is 34.0 Å². The highest BCUT2D eigenvalue weighted by molar-refractivity contribution is 8.23. The van der Waals surface area contributed by atoms with Gasteiger partial charge in [-0.05, 0) is 19.9 Å². The van der Waals surface area contributed by atoms with E-state index in [1.165, 1.54) is 17.8 Å². The lowest BCUT2D eigenvalue weighted by Crippen LogP contribution is -2.28. The molecule has 1 amide bonds. The predicted molar refractivity (Wildman–Crippen MR) is 103 cm³/mol. The first-order chi connectivity index (χ1) is 10.3. The quantitative estimate of drug-likeness (QED) is 0.497. The summed E-state index contributed by atoms with van der Waals surface area (Å²) < 4.78 is 0.668. The molecule has 0 aliphatic rings. The number of benzene rings is 1. The van der Waals surface area contributed by atoms with Gasteiger partial charge in [-0.1, -0.05) is 70.4 Å². The summed E-state index contributed by atoms with van der Waals surface area (Å²) >= 11 is 30.5. The Bertz CT molecular complexity index is 553. The maximum Gasteiger partial charge on any atom is 0.234 e. The molecule has 0 unspecified atom stereocenters. The van der Waals surface area contributed by atoms with Gasteiger partial charge in [0.1, 0.15) is 4.32 Å². The fourth-order valence-corrected chi connectivity index (χ4v) is 3.67. The molecule has 0 saturated carbocycles. The molecule has 0 aromatic heterocycles. The van der Waals surface area contributed by atoms with E-state index in [0.717, 1.165) is 13.1 Å². The second-order valence-electron chi connectivity index (χ2n) is 4.12. The lowest BCUT2D eigenvalue weighted by atomic mass is 10.3. The zero-order chi connectivity index (χ0) is 16.9. The van der Waals surface area contributed by atoms with Crippen LogP contribution in [0.5, 0.6) is 0 Å². The highest BCUT2D eigenvalue weighted by Gasteiger charge is 2.17. The molecule has 0 bridgehead atoms. The van der Waals surface area contributed by atoms with Gasteiger partial charge >= 0.3 is 0 Å². The first-order valence-electron chi connectivity index (χ1n) is 6.36. The smallest absolute Gasteiger partial charge is 0.234 e. The molecular weight excluding hydrogens is 406 g/mol. The van der Waals surface area contributed by atoms with E-state index in [4.69, 9.17) is 58.6 Å². The largest absolute Gasteiger partial charge is 0.358 e. The Morgan fingerprint density at radius 3 is 2.14 bits per heavy atom. The second kappa shape index (κ2) is 9.40. The summed E-state index contributed by atoms with van der Waals surface area (Å²) in [6.45, 7) is 5.60. The van der Waals surface area contributed by atoms with E-state index < -0.39 is 0 Å². The van der Waals surface area contributed by atoms with Crippen molar-refractivity contribution in [2.75, 3.05) is 24.2 Å². The number of carbonyl (C=O) groups is 1. The Hall–Kier alpha value is 0.0900. The zero-order valence-electron chi connectivity index (χ0n) is 11.9. The molecule has 0 atom stereocenters. The van der Waals surface area contributed by atoms with Gasteiger partial charge in [0, 0.05) is 13.1 Å². The molecule has 0 spiro atoms. The molecule has 1 rings (SSSR count). The lowest BCUT2D eigenvalue weighted by Gasteiger charge is -2.20. The Morgan fingerprint density at radius 2 is 1.68 bits per heavy atom. The number of hydrogen-bond donors (Lipinski definition) is 1. The van der Waals surface area contributed by atoms with Crippen LogP contribution in [-0.2, 0) is 4.79 Å². The third-order valence-electron chi connectivity index (χ3n) is 2.72. The fraction of sp³-hybridized carbons (Fsp3) is 0.385. The number of amides is 1. The fourth-order valence-electron chi connectivity index (χ4n) is 1.56. The molecular formula is C13H14Cl4N2OS2. The summed E-state index contributed by atoms with van der Waals surface area (Å²) in [4.78, 5) is 14.0. The first kappa shape index (κ1) is 20.1. The van der Waals surface area contributed by atoms with Crippen molar-refractivity contribution >= 4 is 86.3 Å². The van der Waals surface area contributed by atoms with Gasteiger partial charge in [-0.15, -0.1) is 0 Å². The van der Waals surface area contributed by atoms with E-state index in [1.54, 1.807) is 0 Å². The second-order valence-corrected chi connectivity index (χ2v) is 7.30. The van der Waals surface area contributed by atoms with E-state index in [9.17, 15) is 4.79 Å². The minimum absolute atomic E-state index is 0.145. The Kier molecular flexibility index (Phi) is 8.60. The molecule has 1 N–H and O–H groups in total. The van der Waals surface area contributed by atoms with Crippen molar-refractivity contribution in [2.45, 2.75) is 13.8 Å². The summed E-state index contributed by atoms with van der Waals surface area (Å²) in [6.07, 6.45) is 0. The van der Waals surface area contributed by atoms with Gasteiger partial charge in [-0.3, -0.25) is 4.79 Å². The molecule has 1 aromatic rings. The maximum absolute atomic E-state index is 12.0. The minimum atomic E-state index is -0.290. The number of hydrogen-bond acceptors (Lipinski definition) is 3. The van der Waals surface area contributed by atoms with Crippen molar-refractivity contribution in [1.82, 2.24) is 4.90 Å². The van der Waals surface area contributed by atoms with E-state index in [2.05, 4.69) is 5.32 Å². The van der Waals surface area contributed by atoms with Gasteiger partial charge in [-0.2, -0.15) is 0 Å². The van der Waals surface area contributed by atoms with Crippen LogP contribution >= 0.6 is 70.4 Å². The number of thiocarbonyl (C=S) groups is 1. The summed E-state index contributed by atoms with van der Waals surface area (Å²) in [5.74, 6) is -0.145. The van der Waals surface area contributed by atoms with Crippen molar-refractivity contribution in [3.05, 3.63) is 26.2 Å². The number of nitrogens with one attached hydrogen (secondary N) is 1. The first-order valence-corrected chi connectivity index (χ1v) is 9.26. The number of thioether (sulfide) groups is 1. The summed E-state index contributed by atoms with van der Waals surface area (Å²) in [6, 6.07) is 1.42. The van der Waals surface area contributed by atoms with Gasteiger partial charge in [-0.25, -0.2) is 0 Å². The maximum atomic E-state index is 12.0. The van der Waals surface area contributed by atoms with Gasteiger partial charge in [0.2, 0.25) is 5.91 Å². The van der Waals surface area contributed by atoms with Crippen LogP contribution in [0.4, 0.5) is 5.69 Å². The molecule has 22 heavy (non-hydrogen) atoms. The van der Waals surface area contributed by atoms with Crippen molar-refractivity contribution < 1.29 is 4.79 Å². The van der Waals surface area contributed by atoms with Crippen molar-refractivity contribution in [3.63, 3.8) is 0 Å². The summed E-state index contributed by atoms with van der Waals surface area (Å²) in [5.41, 5.74) is 0.209. The Morgan fingerprint density at radius 1 is 1.18 bits per heavy atom. The van der Waals surface area contributed by atoms with Crippen LogP contribution in [0.2, 0.25) is 20.1 Å². The highest BCUT2D eigenvalue weighted by atomic mass is 35.5. The van der Waals surface area contributed by atoms with Crippen LogP contribution in [0.25, 0.3) is 0 Å². The van der Waals surface area contributed by atoms with E-state index in [0.29, 0.717) is 4.32 Å². The third kappa shape index (κ3) is 5.32. The predicted octanol–water partition coefficient (Wildman–Crippen LogP) is 5.60. The normalized spacial score (nSPS) is 10.5. The van der Waals surface area contributed by atoms with Crippen LogP contribution < -0.4 is 5.32 Å². The molecule has 0 fully saturated rings. The van der Waals surface area contributed by atoms with E-state index >= 15 is 0 Å². The molecule has 3 nitrogen and oxygen atoms in total. The Balaban J connectivity index is 2.73. The molecule has 0 aliphatic carbocycles. The number of carbonyl (C=O) groups excluding carboxylic acids is 1. The molecule has 0 saturated heterocycles. The number of anilines is 1. The van der Waals surface area contributed by atoms with Crippen LogP contribution in [0.1, 0.15) is 13.8 Å². The average Bonchev–Trinajstić information content (AvgIpc) is 2.48. The topological polar surface area (TPSA) is 32.3 Å². The van der Waals surface area contributed by atoms with Crippen molar-refractivity contribution in [3.8, 4) is 0 Å². The third-order valence-corrected chi connectivity index (χ3v) is 5.82. The number of halogens is 4. The highest BCUT2D eigenvalue weighted by Crippen LogP contribution is 2.41.